The van der Waals surface area contributed by atoms with Crippen LogP contribution >= 0.6 is 0 Å². The van der Waals surface area contributed by atoms with Crippen LogP contribution in [0.15, 0.2) is 18.2 Å². The molecule has 98 valence electrons. The lowest BCUT2D eigenvalue weighted by molar-refractivity contribution is -0.140. The highest BCUT2D eigenvalue weighted by molar-refractivity contribution is 5.94. The fourth-order valence-corrected chi connectivity index (χ4v) is 1.43. The van der Waals surface area contributed by atoms with E-state index in [1.54, 1.807) is 6.92 Å². The summed E-state index contributed by atoms with van der Waals surface area (Å²) in [7, 11) is 0. The summed E-state index contributed by atoms with van der Waals surface area (Å²) >= 11 is 0. The molecule has 0 aliphatic rings. The van der Waals surface area contributed by atoms with Gasteiger partial charge >= 0.3 is 5.97 Å². The number of nitrogens with zero attached hydrogens (tertiary/aromatic N) is 1. The van der Waals surface area contributed by atoms with E-state index in [0.29, 0.717) is 6.42 Å². The van der Waals surface area contributed by atoms with Gasteiger partial charge < -0.3 is 10.4 Å². The lowest BCUT2D eigenvalue weighted by atomic mass is 9.99. The molecule has 2 atom stereocenters. The van der Waals surface area contributed by atoms with E-state index in [2.05, 4.69) is 10.3 Å². The van der Waals surface area contributed by atoms with E-state index in [4.69, 9.17) is 5.11 Å². The van der Waals surface area contributed by atoms with Gasteiger partial charge in [-0.15, -0.1) is 0 Å². The van der Waals surface area contributed by atoms with Crippen molar-refractivity contribution in [3.63, 3.8) is 0 Å². The molecule has 2 unspecified atom stereocenters. The maximum atomic E-state index is 12.8. The van der Waals surface area contributed by atoms with Crippen LogP contribution in [-0.2, 0) is 4.79 Å². The van der Waals surface area contributed by atoms with Crippen molar-refractivity contribution in [1.29, 1.82) is 0 Å². The van der Waals surface area contributed by atoms with Gasteiger partial charge in [-0.2, -0.15) is 4.39 Å². The highest BCUT2D eigenvalue weighted by atomic mass is 19.1. The maximum Gasteiger partial charge on any atom is 0.326 e. The number of carbonyl (C=O) groups is 2. The van der Waals surface area contributed by atoms with Crippen molar-refractivity contribution in [2.45, 2.75) is 26.3 Å². The zero-order valence-corrected chi connectivity index (χ0v) is 10.2. The zero-order chi connectivity index (χ0) is 13.7. The fourth-order valence-electron chi connectivity index (χ4n) is 1.43. The molecule has 0 aliphatic heterocycles. The van der Waals surface area contributed by atoms with Gasteiger partial charge in [0, 0.05) is 0 Å². The molecule has 0 aliphatic carbocycles. The number of rotatable bonds is 5. The van der Waals surface area contributed by atoms with Crippen LogP contribution in [0.3, 0.4) is 0 Å². The minimum Gasteiger partial charge on any atom is -0.480 e. The average molecular weight is 254 g/mol. The summed E-state index contributed by atoms with van der Waals surface area (Å²) < 4.78 is 12.8. The lowest BCUT2D eigenvalue weighted by Gasteiger charge is -2.19. The number of halogens is 1. The minimum absolute atomic E-state index is 0.135. The Kier molecular flexibility index (Phi) is 4.76. The van der Waals surface area contributed by atoms with Gasteiger partial charge in [-0.3, -0.25) is 4.79 Å². The van der Waals surface area contributed by atoms with Crippen molar-refractivity contribution in [2.24, 2.45) is 5.92 Å². The summed E-state index contributed by atoms with van der Waals surface area (Å²) in [5, 5.41) is 11.4. The van der Waals surface area contributed by atoms with Crippen molar-refractivity contribution in [1.82, 2.24) is 10.3 Å². The van der Waals surface area contributed by atoms with E-state index < -0.39 is 23.9 Å². The summed E-state index contributed by atoms with van der Waals surface area (Å²) in [6.45, 7) is 3.55. The Morgan fingerprint density at radius 2 is 2.17 bits per heavy atom. The fraction of sp³-hybridized carbons (Fsp3) is 0.417. The van der Waals surface area contributed by atoms with Crippen molar-refractivity contribution in [3.8, 4) is 0 Å². The summed E-state index contributed by atoms with van der Waals surface area (Å²) in [4.78, 5) is 26.2. The number of aliphatic carboxylic acids is 1. The predicted molar refractivity (Wildman–Crippen MR) is 62.5 cm³/mol. The molecular formula is C12H15FN2O3. The van der Waals surface area contributed by atoms with Gasteiger partial charge in [0.1, 0.15) is 11.7 Å². The Balaban J connectivity index is 2.82. The molecule has 18 heavy (non-hydrogen) atoms. The van der Waals surface area contributed by atoms with Gasteiger partial charge in [0.25, 0.3) is 5.91 Å². The summed E-state index contributed by atoms with van der Waals surface area (Å²) in [5.74, 6) is -2.81. The number of pyridine rings is 1. The Labute approximate surface area is 104 Å². The second kappa shape index (κ2) is 6.09. The Hall–Kier alpha value is -1.98. The topological polar surface area (TPSA) is 79.3 Å². The number of carboxylic acid groups (broad SMARTS) is 1. The summed E-state index contributed by atoms with van der Waals surface area (Å²) in [6.07, 6.45) is 0.605. The molecule has 0 aromatic carbocycles. The molecule has 0 radical (unpaired) electrons. The van der Waals surface area contributed by atoms with E-state index in [9.17, 15) is 14.0 Å². The molecule has 1 rings (SSSR count). The molecule has 1 aromatic rings. The van der Waals surface area contributed by atoms with Gasteiger partial charge in [0.2, 0.25) is 5.95 Å². The predicted octanol–water partition coefficient (Wildman–Crippen LogP) is 1.45. The normalized spacial score (nSPS) is 13.7. The largest absolute Gasteiger partial charge is 0.480 e. The molecule has 0 saturated heterocycles. The highest BCUT2D eigenvalue weighted by Gasteiger charge is 2.26. The van der Waals surface area contributed by atoms with Crippen LogP contribution in [0.1, 0.15) is 30.8 Å². The molecule has 0 fully saturated rings. The van der Waals surface area contributed by atoms with Crippen LogP contribution in [0.2, 0.25) is 0 Å². The summed E-state index contributed by atoms with van der Waals surface area (Å²) in [5.41, 5.74) is -0.135. The minimum atomic E-state index is -1.12. The van der Waals surface area contributed by atoms with E-state index in [1.165, 1.54) is 12.1 Å². The Morgan fingerprint density at radius 3 is 2.67 bits per heavy atom. The Morgan fingerprint density at radius 1 is 1.50 bits per heavy atom. The van der Waals surface area contributed by atoms with Crippen molar-refractivity contribution in [3.05, 3.63) is 29.8 Å². The molecule has 5 nitrogen and oxygen atoms in total. The van der Waals surface area contributed by atoms with Crippen molar-refractivity contribution < 1.29 is 19.1 Å². The highest BCUT2D eigenvalue weighted by Crippen LogP contribution is 2.09. The molecule has 0 saturated carbocycles. The van der Waals surface area contributed by atoms with Gasteiger partial charge in [-0.25, -0.2) is 9.78 Å². The maximum absolute atomic E-state index is 12.8. The molecule has 1 aromatic heterocycles. The van der Waals surface area contributed by atoms with Gasteiger partial charge in [0.05, 0.1) is 0 Å². The van der Waals surface area contributed by atoms with Gasteiger partial charge in [-0.05, 0) is 18.1 Å². The molecule has 0 bridgehead atoms. The zero-order valence-electron chi connectivity index (χ0n) is 10.2. The molecule has 1 heterocycles. The number of hydrogen-bond acceptors (Lipinski definition) is 3. The first-order chi connectivity index (χ1) is 8.45. The third kappa shape index (κ3) is 3.51. The van der Waals surface area contributed by atoms with Crippen LogP contribution in [0, 0.1) is 11.9 Å². The van der Waals surface area contributed by atoms with Gasteiger partial charge in [-0.1, -0.05) is 26.3 Å². The van der Waals surface area contributed by atoms with E-state index in [-0.39, 0.29) is 11.6 Å². The number of carboxylic acids is 1. The Bertz CT molecular complexity index is 451. The van der Waals surface area contributed by atoms with Crippen LogP contribution in [0.25, 0.3) is 0 Å². The SMILES string of the molecule is CCC(C)C(NC(=O)c1cccc(F)n1)C(=O)O. The van der Waals surface area contributed by atoms with E-state index in [0.717, 1.165) is 6.07 Å². The molecule has 6 heteroatoms. The van der Waals surface area contributed by atoms with Crippen LogP contribution < -0.4 is 5.32 Å². The third-order valence-electron chi connectivity index (χ3n) is 2.71. The number of aromatic nitrogens is 1. The van der Waals surface area contributed by atoms with E-state index >= 15 is 0 Å². The molecule has 2 N–H and O–H groups in total. The van der Waals surface area contributed by atoms with E-state index in [1.807, 2.05) is 6.92 Å². The van der Waals surface area contributed by atoms with Crippen LogP contribution in [-0.4, -0.2) is 28.0 Å². The second-order valence-corrected chi connectivity index (χ2v) is 4.02. The van der Waals surface area contributed by atoms with Crippen LogP contribution in [0.4, 0.5) is 4.39 Å². The number of carbonyl (C=O) groups excluding carboxylic acids is 1. The monoisotopic (exact) mass is 254 g/mol. The van der Waals surface area contributed by atoms with Crippen LogP contribution in [0.5, 0.6) is 0 Å². The first kappa shape index (κ1) is 14.1. The number of amides is 1. The number of hydrogen-bond donors (Lipinski definition) is 2. The second-order valence-electron chi connectivity index (χ2n) is 4.02. The molecule has 0 spiro atoms. The standard InChI is InChI=1S/C12H15FN2O3/c1-3-7(2)10(12(17)18)15-11(16)8-5-4-6-9(13)14-8/h4-7,10H,3H2,1-2H3,(H,15,16)(H,17,18). The molecule has 1 amide bonds. The summed E-state index contributed by atoms with van der Waals surface area (Å²) in [6, 6.07) is 2.78. The number of nitrogens with one attached hydrogen (secondary N) is 1. The quantitative estimate of drug-likeness (QED) is 0.779. The molecular weight excluding hydrogens is 239 g/mol. The lowest BCUT2D eigenvalue weighted by Crippen LogP contribution is -2.45. The first-order valence-electron chi connectivity index (χ1n) is 5.62. The third-order valence-corrected chi connectivity index (χ3v) is 2.71. The smallest absolute Gasteiger partial charge is 0.326 e. The van der Waals surface area contributed by atoms with Gasteiger partial charge in [0.15, 0.2) is 0 Å². The van der Waals surface area contributed by atoms with Crippen molar-refractivity contribution in [2.75, 3.05) is 0 Å². The first-order valence-corrected chi connectivity index (χ1v) is 5.62. The average Bonchev–Trinajstić information content (AvgIpc) is 2.34. The van der Waals surface area contributed by atoms with Crippen molar-refractivity contribution >= 4 is 11.9 Å².